The highest BCUT2D eigenvalue weighted by atomic mass is 14.1. The fourth-order valence-electron chi connectivity index (χ4n) is 8.09. The van der Waals surface area contributed by atoms with Crippen molar-refractivity contribution in [3.05, 3.63) is 298 Å². The van der Waals surface area contributed by atoms with E-state index in [2.05, 4.69) is 312 Å². The van der Waals surface area contributed by atoms with Gasteiger partial charge in [-0.2, -0.15) is 0 Å². The van der Waals surface area contributed by atoms with E-state index in [1.807, 2.05) is 0 Å². The molecule has 10 aromatic rings. The zero-order chi connectivity index (χ0) is 49.8. The van der Waals surface area contributed by atoms with Gasteiger partial charge in [-0.05, 0) is 142 Å². The van der Waals surface area contributed by atoms with E-state index in [1.54, 1.807) is 0 Å². The summed E-state index contributed by atoms with van der Waals surface area (Å²) in [5.74, 6) is 0. The van der Waals surface area contributed by atoms with E-state index < -0.39 is 0 Å². The van der Waals surface area contributed by atoms with Crippen molar-refractivity contribution in [1.82, 2.24) is 0 Å². The molecule has 10 rings (SSSR count). The summed E-state index contributed by atoms with van der Waals surface area (Å²) in [6.07, 6.45) is 0. The summed E-state index contributed by atoms with van der Waals surface area (Å²) in [6, 6.07) is 85.8. The van der Waals surface area contributed by atoms with Crippen LogP contribution in [-0.4, -0.2) is 0 Å². The van der Waals surface area contributed by atoms with Crippen molar-refractivity contribution in [3.63, 3.8) is 0 Å². The number of hydrogen-bond acceptors (Lipinski definition) is 0. The van der Waals surface area contributed by atoms with E-state index in [-0.39, 0.29) is 0 Å². The molecule has 0 bridgehead atoms. The fraction of sp³-hybridized carbons (Fsp3) is 0.143. The number of hydrogen-bond donors (Lipinski definition) is 0. The summed E-state index contributed by atoms with van der Waals surface area (Å²) in [6.45, 7) is 21.3. The lowest BCUT2D eigenvalue weighted by molar-refractivity contribution is 1.41. The molecule has 0 N–H and O–H groups in total. The van der Waals surface area contributed by atoms with Crippen LogP contribution < -0.4 is 0 Å². The van der Waals surface area contributed by atoms with Gasteiger partial charge in [0.05, 0.1) is 0 Å². The van der Waals surface area contributed by atoms with Gasteiger partial charge in [-0.15, -0.1) is 0 Å². The lowest BCUT2D eigenvalue weighted by Crippen LogP contribution is -1.85. The Bertz CT molecular complexity index is 3020. The minimum atomic E-state index is 1.29. The molecule has 0 nitrogen and oxygen atoms in total. The zero-order valence-corrected chi connectivity index (χ0v) is 43.1. The molecule has 0 heterocycles. The van der Waals surface area contributed by atoms with Crippen LogP contribution in [0, 0.1) is 69.2 Å². The average molecular weight is 911 g/mol. The van der Waals surface area contributed by atoms with Crippen molar-refractivity contribution in [2.75, 3.05) is 0 Å². The SMILES string of the molecule is Cc1ccc(-c2ccc(C)cc2)cc1.Cc1ccc(-c2cccc(C)c2)cc1.Cc1ccc(-c2ccccc2C)cc1.Cc1cccc(-c2cccc(C)c2)c1.Cc1ccccc1-c1ccccc1C. The van der Waals surface area contributed by atoms with Crippen molar-refractivity contribution in [3.8, 4) is 55.6 Å². The molecule has 70 heavy (non-hydrogen) atoms. The number of rotatable bonds is 5. The van der Waals surface area contributed by atoms with Crippen molar-refractivity contribution >= 4 is 0 Å². The molecular formula is C70H70. The predicted molar refractivity (Wildman–Crippen MR) is 307 cm³/mol. The van der Waals surface area contributed by atoms with Gasteiger partial charge in [-0.3, -0.25) is 0 Å². The minimum Gasteiger partial charge on any atom is -0.0620 e. The van der Waals surface area contributed by atoms with Crippen molar-refractivity contribution in [1.29, 1.82) is 0 Å². The van der Waals surface area contributed by atoms with Gasteiger partial charge in [0.25, 0.3) is 0 Å². The molecule has 0 saturated heterocycles. The Hall–Kier alpha value is -7.80. The van der Waals surface area contributed by atoms with Crippen LogP contribution in [0.15, 0.2) is 243 Å². The van der Waals surface area contributed by atoms with E-state index in [0.29, 0.717) is 0 Å². The largest absolute Gasteiger partial charge is 0.0620 e. The Morgan fingerprint density at radius 3 is 0.686 bits per heavy atom. The Morgan fingerprint density at radius 1 is 0.157 bits per heavy atom. The Kier molecular flexibility index (Phi) is 19.2. The molecule has 0 spiro atoms. The van der Waals surface area contributed by atoms with Gasteiger partial charge >= 0.3 is 0 Å². The molecule has 0 amide bonds. The van der Waals surface area contributed by atoms with E-state index in [0.717, 1.165) is 0 Å². The minimum absolute atomic E-state index is 1.29. The monoisotopic (exact) mass is 911 g/mol. The lowest BCUT2D eigenvalue weighted by atomic mass is 9.97. The summed E-state index contributed by atoms with van der Waals surface area (Å²) in [4.78, 5) is 0. The van der Waals surface area contributed by atoms with E-state index in [1.165, 1.54) is 111 Å². The second-order valence-electron chi connectivity index (χ2n) is 18.5. The van der Waals surface area contributed by atoms with E-state index in [4.69, 9.17) is 0 Å². The van der Waals surface area contributed by atoms with E-state index >= 15 is 0 Å². The van der Waals surface area contributed by atoms with Crippen molar-refractivity contribution in [2.24, 2.45) is 0 Å². The second-order valence-corrected chi connectivity index (χ2v) is 18.5. The molecule has 0 aromatic heterocycles. The molecule has 0 aliphatic rings. The molecule has 0 aliphatic carbocycles. The third-order valence-electron chi connectivity index (χ3n) is 12.3. The highest BCUT2D eigenvalue weighted by Gasteiger charge is 2.03. The van der Waals surface area contributed by atoms with Crippen LogP contribution in [0.3, 0.4) is 0 Å². The summed E-state index contributed by atoms with van der Waals surface area (Å²) >= 11 is 0. The van der Waals surface area contributed by atoms with Crippen LogP contribution in [0.1, 0.15) is 55.6 Å². The van der Waals surface area contributed by atoms with Crippen molar-refractivity contribution in [2.45, 2.75) is 69.2 Å². The topological polar surface area (TPSA) is 0 Å². The summed E-state index contributed by atoms with van der Waals surface area (Å²) in [5, 5.41) is 0. The summed E-state index contributed by atoms with van der Waals surface area (Å²) in [7, 11) is 0. The highest BCUT2D eigenvalue weighted by molar-refractivity contribution is 5.71. The Balaban J connectivity index is 0.000000143. The number of benzene rings is 10. The lowest BCUT2D eigenvalue weighted by Gasteiger charge is -2.08. The van der Waals surface area contributed by atoms with Gasteiger partial charge in [-0.25, -0.2) is 0 Å². The van der Waals surface area contributed by atoms with Gasteiger partial charge in [0.2, 0.25) is 0 Å². The van der Waals surface area contributed by atoms with Gasteiger partial charge in [0.1, 0.15) is 0 Å². The molecule has 0 radical (unpaired) electrons. The van der Waals surface area contributed by atoms with Crippen LogP contribution in [0.4, 0.5) is 0 Å². The quantitative estimate of drug-likeness (QED) is 0.161. The molecule has 0 unspecified atom stereocenters. The summed E-state index contributed by atoms with van der Waals surface area (Å²) < 4.78 is 0. The van der Waals surface area contributed by atoms with Crippen LogP contribution in [-0.2, 0) is 0 Å². The van der Waals surface area contributed by atoms with Crippen LogP contribution in [0.25, 0.3) is 55.6 Å². The van der Waals surface area contributed by atoms with Crippen LogP contribution in [0.5, 0.6) is 0 Å². The molecule has 0 heteroatoms. The van der Waals surface area contributed by atoms with Crippen LogP contribution in [0.2, 0.25) is 0 Å². The third-order valence-corrected chi connectivity index (χ3v) is 12.3. The Labute approximate surface area is 421 Å². The van der Waals surface area contributed by atoms with Gasteiger partial charge in [0, 0.05) is 0 Å². The average Bonchev–Trinajstić information content (AvgIpc) is 3.37. The number of aryl methyl sites for hydroxylation is 10. The van der Waals surface area contributed by atoms with Gasteiger partial charge < -0.3 is 0 Å². The van der Waals surface area contributed by atoms with Crippen LogP contribution >= 0.6 is 0 Å². The van der Waals surface area contributed by atoms with Crippen molar-refractivity contribution < 1.29 is 0 Å². The molecule has 0 fully saturated rings. The maximum absolute atomic E-state index is 2.22. The first kappa shape index (κ1) is 51.6. The Morgan fingerprint density at radius 2 is 0.400 bits per heavy atom. The van der Waals surface area contributed by atoms with Gasteiger partial charge in [0.15, 0.2) is 0 Å². The maximum atomic E-state index is 2.22. The maximum Gasteiger partial charge on any atom is -0.0152 e. The standard InChI is InChI=1S/5C14H14/c1-11-3-7-13(8-4-11)14-9-5-12(2)6-10-14;1-11-5-3-7-13(9-11)14-8-4-6-12(2)10-14;1-11-7-3-5-9-13(11)14-10-6-4-8-12(14)2;1-11-6-8-13(9-7-11)14-5-3-4-12(2)10-14;1-11-7-9-13(10-8-11)14-6-4-3-5-12(14)2/h5*3-10H,1-2H3. The molecular weight excluding hydrogens is 841 g/mol. The first-order valence-electron chi connectivity index (χ1n) is 24.5. The smallest absolute Gasteiger partial charge is 0.0152 e. The highest BCUT2D eigenvalue weighted by Crippen LogP contribution is 2.27. The first-order chi connectivity index (χ1) is 33.8. The normalized spacial score (nSPS) is 10.1. The predicted octanol–water partition coefficient (Wildman–Crippen LogP) is 19.9. The molecule has 10 aromatic carbocycles. The molecule has 0 saturated carbocycles. The van der Waals surface area contributed by atoms with Gasteiger partial charge in [-0.1, -0.05) is 282 Å². The zero-order valence-electron chi connectivity index (χ0n) is 43.1. The second kappa shape index (κ2) is 26.1. The summed E-state index contributed by atoms with van der Waals surface area (Å²) in [5.41, 5.74) is 26.2. The molecule has 0 atom stereocenters. The first-order valence-corrected chi connectivity index (χ1v) is 24.5. The third kappa shape index (κ3) is 15.9. The van der Waals surface area contributed by atoms with E-state index in [9.17, 15) is 0 Å². The molecule has 350 valence electrons. The molecule has 0 aliphatic heterocycles. The fourth-order valence-corrected chi connectivity index (χ4v) is 8.09.